The van der Waals surface area contributed by atoms with Crippen molar-refractivity contribution in [2.75, 3.05) is 6.61 Å². The Balaban J connectivity index is 2.49. The first-order chi connectivity index (χ1) is 9.95. The Hall–Kier alpha value is -1.36. The molecule has 2 N–H and O–H groups in total. The van der Waals surface area contributed by atoms with Crippen LogP contribution in [-0.4, -0.2) is 6.61 Å². The van der Waals surface area contributed by atoms with Gasteiger partial charge in [-0.3, -0.25) is 0 Å². The summed E-state index contributed by atoms with van der Waals surface area (Å²) in [5, 5.41) is 0.515. The van der Waals surface area contributed by atoms with Gasteiger partial charge in [0.15, 0.2) is 0 Å². The van der Waals surface area contributed by atoms with Crippen molar-refractivity contribution in [1.82, 2.24) is 0 Å². The van der Waals surface area contributed by atoms with E-state index in [1.165, 1.54) is 18.2 Å². The number of hydrogen-bond donors (Lipinski definition) is 1. The van der Waals surface area contributed by atoms with E-state index in [1.807, 2.05) is 0 Å². The minimum absolute atomic E-state index is 0.234. The smallest absolute Gasteiger partial charge is 0.139 e. The van der Waals surface area contributed by atoms with Crippen LogP contribution in [0.15, 0.2) is 30.3 Å². The highest BCUT2D eigenvalue weighted by molar-refractivity contribution is 6.34. The van der Waals surface area contributed by atoms with Gasteiger partial charge in [0.1, 0.15) is 17.4 Å². The van der Waals surface area contributed by atoms with Crippen molar-refractivity contribution in [3.8, 4) is 5.75 Å². The molecule has 0 fully saturated rings. The van der Waals surface area contributed by atoms with Gasteiger partial charge in [-0.15, -0.1) is 0 Å². The number of rotatable bonds is 4. The summed E-state index contributed by atoms with van der Waals surface area (Å²) < 4.78 is 32.9. The molecule has 2 rings (SSSR count). The third kappa shape index (κ3) is 3.28. The Bertz CT molecular complexity index is 644. The highest BCUT2D eigenvalue weighted by Gasteiger charge is 2.21. The molecule has 21 heavy (non-hydrogen) atoms. The SMILES string of the molecule is CCOc1cc(Cl)c(C(N)c2c(F)cccc2F)cc1Cl. The monoisotopic (exact) mass is 331 g/mol. The number of hydrogen-bond acceptors (Lipinski definition) is 2. The van der Waals surface area contributed by atoms with Gasteiger partial charge < -0.3 is 10.5 Å². The van der Waals surface area contributed by atoms with Crippen molar-refractivity contribution in [3.05, 3.63) is 63.1 Å². The lowest BCUT2D eigenvalue weighted by Gasteiger charge is -2.17. The number of benzene rings is 2. The molecular weight excluding hydrogens is 319 g/mol. The number of ether oxygens (including phenoxy) is 1. The third-order valence-corrected chi connectivity index (χ3v) is 3.62. The van der Waals surface area contributed by atoms with Gasteiger partial charge in [0, 0.05) is 16.7 Å². The van der Waals surface area contributed by atoms with Crippen molar-refractivity contribution < 1.29 is 13.5 Å². The molecule has 1 unspecified atom stereocenters. The minimum atomic E-state index is -1.06. The molecule has 6 heteroatoms. The maximum atomic E-state index is 13.8. The molecule has 2 aromatic rings. The zero-order valence-electron chi connectivity index (χ0n) is 11.2. The molecule has 0 amide bonds. The lowest BCUT2D eigenvalue weighted by Crippen LogP contribution is -2.16. The molecule has 0 radical (unpaired) electrons. The van der Waals surface area contributed by atoms with Gasteiger partial charge in [0.05, 0.1) is 17.7 Å². The molecule has 0 saturated heterocycles. The third-order valence-electron chi connectivity index (χ3n) is 3.00. The summed E-state index contributed by atoms with van der Waals surface area (Å²) in [4.78, 5) is 0. The first-order valence-corrected chi connectivity index (χ1v) is 7.02. The molecule has 0 heterocycles. The van der Waals surface area contributed by atoms with Crippen molar-refractivity contribution in [1.29, 1.82) is 0 Å². The first-order valence-electron chi connectivity index (χ1n) is 6.27. The molecule has 2 nitrogen and oxygen atoms in total. The molecule has 2 aromatic carbocycles. The summed E-state index contributed by atoms with van der Waals surface area (Å²) in [6.45, 7) is 2.22. The van der Waals surface area contributed by atoms with Crippen LogP contribution in [0, 0.1) is 11.6 Å². The molecule has 0 aliphatic rings. The van der Waals surface area contributed by atoms with Gasteiger partial charge in [-0.25, -0.2) is 8.78 Å². The highest BCUT2D eigenvalue weighted by Crippen LogP contribution is 2.36. The van der Waals surface area contributed by atoms with Crippen LogP contribution in [0.4, 0.5) is 8.78 Å². The molecule has 0 bridgehead atoms. The Morgan fingerprint density at radius 3 is 2.33 bits per heavy atom. The molecule has 0 aliphatic heterocycles. The van der Waals surface area contributed by atoms with Crippen molar-refractivity contribution in [2.24, 2.45) is 5.73 Å². The molecular formula is C15H13Cl2F2NO. The van der Waals surface area contributed by atoms with E-state index in [-0.39, 0.29) is 15.6 Å². The highest BCUT2D eigenvalue weighted by atomic mass is 35.5. The first kappa shape index (κ1) is 16.0. The second-order valence-electron chi connectivity index (χ2n) is 4.35. The van der Waals surface area contributed by atoms with Crippen LogP contribution < -0.4 is 10.5 Å². The largest absolute Gasteiger partial charge is 0.492 e. The second kappa shape index (κ2) is 6.60. The topological polar surface area (TPSA) is 35.2 Å². The lowest BCUT2D eigenvalue weighted by atomic mass is 9.98. The fourth-order valence-electron chi connectivity index (χ4n) is 2.01. The fourth-order valence-corrected chi connectivity index (χ4v) is 2.51. The van der Waals surface area contributed by atoms with E-state index in [1.54, 1.807) is 6.92 Å². The minimum Gasteiger partial charge on any atom is -0.492 e. The molecule has 1 atom stereocenters. The van der Waals surface area contributed by atoms with Crippen LogP contribution in [0.1, 0.15) is 24.1 Å². The predicted octanol–water partition coefficient (Wildman–Crippen LogP) is 4.72. The molecule has 0 spiro atoms. The maximum absolute atomic E-state index is 13.8. The Morgan fingerprint density at radius 1 is 1.14 bits per heavy atom. The van der Waals surface area contributed by atoms with Gasteiger partial charge in [0.2, 0.25) is 0 Å². The van der Waals surface area contributed by atoms with Crippen LogP contribution in [0.5, 0.6) is 5.75 Å². The van der Waals surface area contributed by atoms with Gasteiger partial charge in [-0.2, -0.15) is 0 Å². The summed E-state index contributed by atoms with van der Waals surface area (Å²) in [5.41, 5.74) is 6.03. The van der Waals surface area contributed by atoms with E-state index in [9.17, 15) is 8.78 Å². The molecule has 0 saturated carbocycles. The van der Waals surface area contributed by atoms with E-state index in [4.69, 9.17) is 33.7 Å². The zero-order valence-corrected chi connectivity index (χ0v) is 12.7. The Kier molecular flexibility index (Phi) is 5.04. The zero-order chi connectivity index (χ0) is 15.6. The van der Waals surface area contributed by atoms with Crippen molar-refractivity contribution in [2.45, 2.75) is 13.0 Å². The van der Waals surface area contributed by atoms with E-state index in [0.717, 1.165) is 12.1 Å². The normalized spacial score (nSPS) is 12.3. The lowest BCUT2D eigenvalue weighted by molar-refractivity contribution is 0.340. The molecule has 0 aromatic heterocycles. The van der Waals surface area contributed by atoms with E-state index < -0.39 is 17.7 Å². The second-order valence-corrected chi connectivity index (χ2v) is 5.16. The maximum Gasteiger partial charge on any atom is 0.139 e. The average Bonchev–Trinajstić information content (AvgIpc) is 2.42. The van der Waals surface area contributed by atoms with Crippen LogP contribution in [0.25, 0.3) is 0 Å². The number of halogens is 4. The summed E-state index contributed by atoms with van der Waals surface area (Å²) in [7, 11) is 0. The van der Waals surface area contributed by atoms with Gasteiger partial charge in [-0.05, 0) is 30.7 Å². The van der Waals surface area contributed by atoms with Crippen LogP contribution in [0.2, 0.25) is 10.0 Å². The van der Waals surface area contributed by atoms with Gasteiger partial charge in [0.25, 0.3) is 0 Å². The van der Waals surface area contributed by atoms with Crippen molar-refractivity contribution >= 4 is 23.2 Å². The predicted molar refractivity (Wildman–Crippen MR) is 80.0 cm³/mol. The van der Waals surface area contributed by atoms with E-state index in [2.05, 4.69) is 0 Å². The average molecular weight is 332 g/mol. The molecule has 112 valence electrons. The Labute approximate surface area is 131 Å². The van der Waals surface area contributed by atoms with E-state index in [0.29, 0.717) is 17.9 Å². The van der Waals surface area contributed by atoms with Crippen LogP contribution >= 0.6 is 23.2 Å². The summed E-state index contributed by atoms with van der Waals surface area (Å²) in [6.07, 6.45) is 0. The van der Waals surface area contributed by atoms with Gasteiger partial charge in [-0.1, -0.05) is 29.3 Å². The van der Waals surface area contributed by atoms with Gasteiger partial charge >= 0.3 is 0 Å². The summed E-state index contributed by atoms with van der Waals surface area (Å²) in [6, 6.07) is 5.44. The summed E-state index contributed by atoms with van der Waals surface area (Å²) >= 11 is 12.2. The van der Waals surface area contributed by atoms with Crippen LogP contribution in [0.3, 0.4) is 0 Å². The Morgan fingerprint density at radius 2 is 1.76 bits per heavy atom. The standard InChI is InChI=1S/C15H13Cl2F2NO/c1-2-21-13-7-9(16)8(6-10(13)17)15(20)14-11(18)4-3-5-12(14)19/h3-7,15H,2,20H2,1H3. The van der Waals surface area contributed by atoms with E-state index >= 15 is 0 Å². The van der Waals surface area contributed by atoms with Crippen molar-refractivity contribution in [3.63, 3.8) is 0 Å². The number of nitrogens with two attached hydrogens (primary N) is 1. The van der Waals surface area contributed by atoms with Crippen LogP contribution in [-0.2, 0) is 0 Å². The fraction of sp³-hybridized carbons (Fsp3) is 0.200. The summed E-state index contributed by atoms with van der Waals surface area (Å²) in [5.74, 6) is -1.07. The quantitative estimate of drug-likeness (QED) is 0.879. The molecule has 0 aliphatic carbocycles.